The van der Waals surface area contributed by atoms with Crippen LogP contribution in [0.1, 0.15) is 37.6 Å². The van der Waals surface area contributed by atoms with Gasteiger partial charge in [-0.3, -0.25) is 4.79 Å². The number of carbonyl (C=O) groups is 2. The molecule has 1 aliphatic rings. The lowest BCUT2D eigenvalue weighted by Gasteiger charge is -2.24. The Balaban J connectivity index is 1.78. The van der Waals surface area contributed by atoms with Crippen molar-refractivity contribution in [2.75, 3.05) is 19.6 Å². The van der Waals surface area contributed by atoms with Crippen LogP contribution in [0.2, 0.25) is 5.02 Å². The normalized spacial score (nSPS) is 17.9. The number of hydrogen-bond donors (Lipinski definition) is 1. The lowest BCUT2D eigenvalue weighted by Crippen LogP contribution is -2.36. The Kier molecular flexibility index (Phi) is 5.52. The van der Waals surface area contributed by atoms with E-state index >= 15 is 0 Å². The maximum absolute atomic E-state index is 12.1. The Morgan fingerprint density at radius 1 is 1.30 bits per heavy atom. The molecular formula is C17H23ClN2O3. The van der Waals surface area contributed by atoms with E-state index < -0.39 is 5.60 Å². The maximum Gasteiger partial charge on any atom is 0.410 e. The third kappa shape index (κ3) is 5.43. The molecule has 0 spiro atoms. The molecule has 1 fully saturated rings. The summed E-state index contributed by atoms with van der Waals surface area (Å²) in [6.45, 7) is 7.37. The molecule has 0 saturated carbocycles. The molecule has 6 heteroatoms. The van der Waals surface area contributed by atoms with Crippen LogP contribution in [-0.4, -0.2) is 42.1 Å². The monoisotopic (exact) mass is 338 g/mol. The molecule has 5 nitrogen and oxygen atoms in total. The Hall–Kier alpha value is -1.75. The van der Waals surface area contributed by atoms with E-state index in [1.807, 2.05) is 20.8 Å². The van der Waals surface area contributed by atoms with Crippen LogP contribution in [0.3, 0.4) is 0 Å². The smallest absolute Gasteiger partial charge is 0.410 e. The van der Waals surface area contributed by atoms with Crippen molar-refractivity contribution in [3.05, 3.63) is 34.9 Å². The van der Waals surface area contributed by atoms with Crippen molar-refractivity contribution in [1.82, 2.24) is 10.2 Å². The largest absolute Gasteiger partial charge is 0.444 e. The number of carbonyl (C=O) groups excluding carboxylic acids is 2. The van der Waals surface area contributed by atoms with E-state index in [9.17, 15) is 9.59 Å². The predicted molar refractivity (Wildman–Crippen MR) is 89.7 cm³/mol. The van der Waals surface area contributed by atoms with Crippen LogP contribution in [0, 0.1) is 5.92 Å². The molecule has 1 N–H and O–H groups in total. The van der Waals surface area contributed by atoms with Crippen LogP contribution >= 0.6 is 11.6 Å². The van der Waals surface area contributed by atoms with Crippen LogP contribution in [0.15, 0.2) is 24.3 Å². The molecule has 0 bridgehead atoms. The summed E-state index contributed by atoms with van der Waals surface area (Å²) in [6.07, 6.45) is 0.573. The first-order valence-electron chi connectivity index (χ1n) is 7.76. The predicted octanol–water partition coefficient (Wildman–Crippen LogP) is 3.33. The van der Waals surface area contributed by atoms with Gasteiger partial charge in [-0.15, -0.1) is 0 Å². The lowest BCUT2D eigenvalue weighted by atomic mass is 10.1. The topological polar surface area (TPSA) is 58.6 Å². The molecule has 126 valence electrons. The second-order valence-electron chi connectivity index (χ2n) is 6.80. The highest BCUT2D eigenvalue weighted by atomic mass is 35.5. The number of rotatable bonds is 3. The van der Waals surface area contributed by atoms with Gasteiger partial charge in [-0.2, -0.15) is 0 Å². The number of benzene rings is 1. The summed E-state index contributed by atoms with van der Waals surface area (Å²) in [6, 6.07) is 6.77. The maximum atomic E-state index is 12.1. The number of ether oxygens (including phenoxy) is 1. The average molecular weight is 339 g/mol. The number of nitrogens with one attached hydrogen (secondary N) is 1. The molecule has 1 aliphatic heterocycles. The number of hydrogen-bond acceptors (Lipinski definition) is 3. The summed E-state index contributed by atoms with van der Waals surface area (Å²) in [4.78, 5) is 25.8. The first-order valence-corrected chi connectivity index (χ1v) is 8.14. The number of amides is 2. The van der Waals surface area contributed by atoms with Crippen molar-refractivity contribution in [3.63, 3.8) is 0 Å². The fourth-order valence-corrected chi connectivity index (χ4v) is 2.56. The molecule has 1 saturated heterocycles. The third-order valence-corrected chi connectivity index (χ3v) is 3.85. The molecule has 1 heterocycles. The third-order valence-electron chi connectivity index (χ3n) is 3.60. The van der Waals surface area contributed by atoms with Gasteiger partial charge in [0.2, 0.25) is 0 Å². The average Bonchev–Trinajstić information content (AvgIpc) is 2.93. The van der Waals surface area contributed by atoms with Crippen molar-refractivity contribution >= 4 is 23.6 Å². The highest BCUT2D eigenvalue weighted by Crippen LogP contribution is 2.19. The minimum Gasteiger partial charge on any atom is -0.444 e. The Morgan fingerprint density at radius 2 is 1.96 bits per heavy atom. The van der Waals surface area contributed by atoms with Crippen LogP contribution in [0.25, 0.3) is 0 Å². The van der Waals surface area contributed by atoms with Crippen molar-refractivity contribution in [1.29, 1.82) is 0 Å². The fourth-order valence-electron chi connectivity index (χ4n) is 2.43. The molecule has 2 rings (SSSR count). The molecule has 2 amide bonds. The minimum atomic E-state index is -0.488. The van der Waals surface area contributed by atoms with Crippen LogP contribution in [0.5, 0.6) is 0 Å². The molecule has 0 radical (unpaired) electrons. The Morgan fingerprint density at radius 3 is 2.57 bits per heavy atom. The van der Waals surface area contributed by atoms with E-state index in [4.69, 9.17) is 16.3 Å². The van der Waals surface area contributed by atoms with E-state index in [2.05, 4.69) is 5.32 Å². The van der Waals surface area contributed by atoms with Gasteiger partial charge < -0.3 is 15.0 Å². The first-order chi connectivity index (χ1) is 10.7. The molecule has 0 aromatic heterocycles. The molecule has 23 heavy (non-hydrogen) atoms. The van der Waals surface area contributed by atoms with Gasteiger partial charge in [0.25, 0.3) is 5.91 Å². The first kappa shape index (κ1) is 17.6. The quantitative estimate of drug-likeness (QED) is 0.919. The zero-order valence-electron chi connectivity index (χ0n) is 13.8. The fraction of sp³-hybridized carbons (Fsp3) is 0.529. The van der Waals surface area contributed by atoms with E-state index in [1.165, 1.54) is 0 Å². The highest BCUT2D eigenvalue weighted by molar-refractivity contribution is 6.30. The summed E-state index contributed by atoms with van der Waals surface area (Å²) in [5.41, 5.74) is 0.0919. The van der Waals surface area contributed by atoms with Crippen LogP contribution < -0.4 is 5.32 Å². The summed E-state index contributed by atoms with van der Waals surface area (Å²) in [5, 5.41) is 3.51. The van der Waals surface area contributed by atoms with Gasteiger partial charge in [-0.05, 0) is 57.4 Å². The molecular weight excluding hydrogens is 316 g/mol. The van der Waals surface area contributed by atoms with Crippen LogP contribution in [0.4, 0.5) is 4.79 Å². The van der Waals surface area contributed by atoms with Crippen LogP contribution in [-0.2, 0) is 4.74 Å². The van der Waals surface area contributed by atoms with Gasteiger partial charge in [0, 0.05) is 30.2 Å². The van der Waals surface area contributed by atoms with Gasteiger partial charge in [-0.25, -0.2) is 4.79 Å². The SMILES string of the molecule is CC(C)(C)OC(=O)N1CCC(CNC(=O)c2ccc(Cl)cc2)C1. The van der Waals surface area contributed by atoms with Gasteiger partial charge in [0.05, 0.1) is 0 Å². The zero-order chi connectivity index (χ0) is 17.0. The van der Waals surface area contributed by atoms with E-state index in [-0.39, 0.29) is 17.9 Å². The second kappa shape index (κ2) is 7.21. The van der Waals surface area contributed by atoms with Crippen molar-refractivity contribution in [2.45, 2.75) is 32.8 Å². The molecule has 1 aromatic carbocycles. The summed E-state index contributed by atoms with van der Waals surface area (Å²) >= 11 is 5.81. The Bertz CT molecular complexity index is 566. The number of halogens is 1. The Labute approximate surface area is 141 Å². The molecule has 1 atom stereocenters. The number of likely N-dealkylation sites (tertiary alicyclic amines) is 1. The lowest BCUT2D eigenvalue weighted by molar-refractivity contribution is 0.0288. The molecule has 1 unspecified atom stereocenters. The zero-order valence-corrected chi connectivity index (χ0v) is 14.5. The van der Waals surface area contributed by atoms with E-state index in [0.717, 1.165) is 6.42 Å². The van der Waals surface area contributed by atoms with Gasteiger partial charge in [-0.1, -0.05) is 11.6 Å². The minimum absolute atomic E-state index is 0.127. The molecule has 0 aliphatic carbocycles. The van der Waals surface area contributed by atoms with Crippen molar-refractivity contribution < 1.29 is 14.3 Å². The van der Waals surface area contributed by atoms with Gasteiger partial charge in [0.1, 0.15) is 5.60 Å². The summed E-state index contributed by atoms with van der Waals surface area (Å²) in [7, 11) is 0. The standard InChI is InChI=1S/C17H23ClN2O3/c1-17(2,3)23-16(22)20-9-8-12(11-20)10-19-15(21)13-4-6-14(18)7-5-13/h4-7,12H,8-11H2,1-3H3,(H,19,21). The summed E-state index contributed by atoms with van der Waals surface area (Å²) in [5.74, 6) is 0.121. The number of nitrogens with zero attached hydrogens (tertiary/aromatic N) is 1. The highest BCUT2D eigenvalue weighted by Gasteiger charge is 2.29. The van der Waals surface area contributed by atoms with Crippen molar-refractivity contribution in [2.24, 2.45) is 5.92 Å². The summed E-state index contributed by atoms with van der Waals surface area (Å²) < 4.78 is 5.36. The van der Waals surface area contributed by atoms with E-state index in [0.29, 0.717) is 30.2 Å². The van der Waals surface area contributed by atoms with Gasteiger partial charge in [0.15, 0.2) is 0 Å². The van der Waals surface area contributed by atoms with Gasteiger partial charge >= 0.3 is 6.09 Å². The second-order valence-corrected chi connectivity index (χ2v) is 7.23. The van der Waals surface area contributed by atoms with E-state index in [1.54, 1.807) is 29.2 Å². The van der Waals surface area contributed by atoms with Crippen molar-refractivity contribution in [3.8, 4) is 0 Å². The molecule has 1 aromatic rings.